The van der Waals surface area contributed by atoms with Crippen LogP contribution in [-0.2, 0) is 0 Å². The molecule has 0 atom stereocenters. The van der Waals surface area contributed by atoms with Crippen LogP contribution in [0.3, 0.4) is 0 Å². The maximum atomic E-state index is 13.2. The van der Waals surface area contributed by atoms with Gasteiger partial charge >= 0.3 is 0 Å². The zero-order valence-corrected chi connectivity index (χ0v) is 16.9. The first-order chi connectivity index (χ1) is 14.7. The normalized spacial score (nSPS) is 17.2. The fourth-order valence-electron chi connectivity index (χ4n) is 3.80. The van der Waals surface area contributed by atoms with Gasteiger partial charge in [0.1, 0.15) is 18.3 Å². The molecule has 0 N–H and O–H groups in total. The third-order valence-corrected chi connectivity index (χ3v) is 5.63. The summed E-state index contributed by atoms with van der Waals surface area (Å²) in [5.41, 5.74) is 0.356. The van der Waals surface area contributed by atoms with E-state index in [0.717, 1.165) is 38.8 Å². The largest absolute Gasteiger partial charge is 0.341 e. The Balaban J connectivity index is 1.28. The van der Waals surface area contributed by atoms with Crippen LogP contribution in [0.4, 0.5) is 5.95 Å². The Bertz CT molecular complexity index is 997. The van der Waals surface area contributed by atoms with Crippen molar-refractivity contribution in [3.05, 3.63) is 48.2 Å². The van der Waals surface area contributed by atoms with E-state index in [0.29, 0.717) is 22.5 Å². The van der Waals surface area contributed by atoms with Crippen molar-refractivity contribution in [2.24, 2.45) is 0 Å². The number of amides is 1. The van der Waals surface area contributed by atoms with Crippen molar-refractivity contribution in [1.82, 2.24) is 39.6 Å². The zero-order chi connectivity index (χ0) is 20.5. The summed E-state index contributed by atoms with van der Waals surface area (Å²) < 4.78 is 1.51. The second-order valence-electron chi connectivity index (χ2n) is 7.46. The zero-order valence-electron chi connectivity index (χ0n) is 16.2. The predicted molar refractivity (Wildman–Crippen MR) is 108 cm³/mol. The third-order valence-electron chi connectivity index (χ3n) is 5.43. The minimum Gasteiger partial charge on any atom is -0.341 e. The van der Waals surface area contributed by atoms with Gasteiger partial charge in [0, 0.05) is 25.2 Å². The summed E-state index contributed by atoms with van der Waals surface area (Å²) in [5.74, 6) is 1.14. The molecule has 11 heteroatoms. The first kappa shape index (κ1) is 18.9. The Kier molecular flexibility index (Phi) is 4.99. The Labute approximate surface area is 178 Å². The highest BCUT2D eigenvalue weighted by Gasteiger charge is 2.39. The molecule has 0 aromatic carbocycles. The number of anilines is 1. The van der Waals surface area contributed by atoms with E-state index in [1.807, 2.05) is 4.90 Å². The molecule has 1 saturated heterocycles. The Morgan fingerprint density at radius 2 is 1.70 bits per heavy atom. The van der Waals surface area contributed by atoms with Crippen molar-refractivity contribution in [2.45, 2.75) is 37.8 Å². The summed E-state index contributed by atoms with van der Waals surface area (Å²) in [5, 5.41) is 4.55. The van der Waals surface area contributed by atoms with Gasteiger partial charge in [0.05, 0.1) is 29.8 Å². The molecule has 0 radical (unpaired) electrons. The Morgan fingerprint density at radius 3 is 2.30 bits per heavy atom. The standard InChI is InChI=1S/C19H20ClN9O/c20-13-7-24-19(25-8-13)27-5-3-15(4-6-27)29(14-1-2-14)18(30)16-9-23-17(10-22-16)28-12-21-11-26-28/h7-12,14-15H,1-6H2. The third kappa shape index (κ3) is 3.82. The molecule has 0 bridgehead atoms. The van der Waals surface area contributed by atoms with Crippen molar-refractivity contribution in [1.29, 1.82) is 0 Å². The van der Waals surface area contributed by atoms with E-state index < -0.39 is 0 Å². The minimum absolute atomic E-state index is 0.0590. The molecule has 2 aliphatic rings. The molecular weight excluding hydrogens is 406 g/mol. The fourth-order valence-corrected chi connectivity index (χ4v) is 3.90. The SMILES string of the molecule is O=C(c1cnc(-n2cncn2)cn1)N(C1CC1)C1CCN(c2ncc(Cl)cn2)CC1. The van der Waals surface area contributed by atoms with Crippen molar-refractivity contribution in [3.8, 4) is 5.82 Å². The molecule has 3 aromatic heterocycles. The lowest BCUT2D eigenvalue weighted by molar-refractivity contribution is 0.0623. The lowest BCUT2D eigenvalue weighted by Gasteiger charge is -2.38. The molecule has 10 nitrogen and oxygen atoms in total. The van der Waals surface area contributed by atoms with Crippen LogP contribution >= 0.6 is 11.6 Å². The van der Waals surface area contributed by atoms with Crippen molar-refractivity contribution >= 4 is 23.5 Å². The van der Waals surface area contributed by atoms with Crippen LogP contribution in [0.1, 0.15) is 36.2 Å². The second-order valence-corrected chi connectivity index (χ2v) is 7.90. The molecule has 2 fully saturated rings. The van der Waals surface area contributed by atoms with E-state index in [4.69, 9.17) is 11.6 Å². The molecule has 30 heavy (non-hydrogen) atoms. The summed E-state index contributed by atoms with van der Waals surface area (Å²) in [6, 6.07) is 0.461. The van der Waals surface area contributed by atoms with Crippen LogP contribution in [0, 0.1) is 0 Å². The minimum atomic E-state index is -0.0590. The summed E-state index contributed by atoms with van der Waals surface area (Å²) in [6.45, 7) is 1.58. The lowest BCUT2D eigenvalue weighted by Crippen LogP contribution is -2.49. The van der Waals surface area contributed by atoms with Crippen LogP contribution in [-0.4, -0.2) is 70.7 Å². The van der Waals surface area contributed by atoms with Crippen LogP contribution < -0.4 is 4.90 Å². The van der Waals surface area contributed by atoms with Gasteiger partial charge < -0.3 is 9.80 Å². The molecule has 154 valence electrons. The average Bonchev–Trinajstić information content (AvgIpc) is 3.46. The number of aromatic nitrogens is 7. The molecule has 5 rings (SSSR count). The number of rotatable bonds is 5. The molecule has 1 amide bonds. The monoisotopic (exact) mass is 425 g/mol. The molecular formula is C19H20ClN9O. The van der Waals surface area contributed by atoms with E-state index in [-0.39, 0.29) is 18.0 Å². The quantitative estimate of drug-likeness (QED) is 0.609. The first-order valence-corrected chi connectivity index (χ1v) is 10.3. The predicted octanol–water partition coefficient (Wildman–Crippen LogP) is 1.77. The number of piperidine rings is 1. The molecule has 3 aromatic rings. The van der Waals surface area contributed by atoms with Gasteiger partial charge in [0.2, 0.25) is 5.95 Å². The molecule has 1 saturated carbocycles. The van der Waals surface area contributed by atoms with Crippen LogP contribution in [0.2, 0.25) is 5.02 Å². The lowest BCUT2D eigenvalue weighted by atomic mass is 10.0. The summed E-state index contributed by atoms with van der Waals surface area (Å²) in [4.78, 5) is 38.6. The van der Waals surface area contributed by atoms with Crippen molar-refractivity contribution < 1.29 is 4.79 Å². The van der Waals surface area contributed by atoms with Gasteiger partial charge in [-0.25, -0.2) is 29.6 Å². The highest BCUT2D eigenvalue weighted by molar-refractivity contribution is 6.30. The van der Waals surface area contributed by atoms with Gasteiger partial charge in [-0.2, -0.15) is 5.10 Å². The summed E-state index contributed by atoms with van der Waals surface area (Å²) in [7, 11) is 0. The molecule has 0 spiro atoms. The van der Waals surface area contributed by atoms with Gasteiger partial charge in [-0.05, 0) is 25.7 Å². The van der Waals surface area contributed by atoms with Gasteiger partial charge in [0.25, 0.3) is 5.91 Å². The van der Waals surface area contributed by atoms with Gasteiger partial charge in [-0.15, -0.1) is 0 Å². The topological polar surface area (TPSA) is 106 Å². The van der Waals surface area contributed by atoms with E-state index in [1.54, 1.807) is 24.9 Å². The number of hydrogen-bond donors (Lipinski definition) is 0. The van der Waals surface area contributed by atoms with E-state index >= 15 is 0 Å². The van der Waals surface area contributed by atoms with E-state index in [9.17, 15) is 4.79 Å². The first-order valence-electron chi connectivity index (χ1n) is 9.91. The summed E-state index contributed by atoms with van der Waals surface area (Å²) >= 11 is 5.88. The number of nitrogens with zero attached hydrogens (tertiary/aromatic N) is 9. The molecule has 1 aliphatic carbocycles. The smallest absolute Gasteiger partial charge is 0.274 e. The molecule has 1 aliphatic heterocycles. The van der Waals surface area contributed by atoms with Crippen LogP contribution in [0.25, 0.3) is 5.82 Å². The molecule has 0 unspecified atom stereocenters. The molecule has 4 heterocycles. The average molecular weight is 426 g/mol. The fraction of sp³-hybridized carbons (Fsp3) is 0.421. The number of halogens is 1. The Morgan fingerprint density at radius 1 is 0.967 bits per heavy atom. The van der Waals surface area contributed by atoms with Crippen molar-refractivity contribution in [2.75, 3.05) is 18.0 Å². The van der Waals surface area contributed by atoms with E-state index in [2.05, 4.69) is 34.9 Å². The number of carbonyl (C=O) groups is 1. The maximum Gasteiger partial charge on any atom is 0.274 e. The highest BCUT2D eigenvalue weighted by Crippen LogP contribution is 2.33. The second kappa shape index (κ2) is 7.94. The van der Waals surface area contributed by atoms with Gasteiger partial charge in [0.15, 0.2) is 5.82 Å². The van der Waals surface area contributed by atoms with Crippen molar-refractivity contribution in [3.63, 3.8) is 0 Å². The number of hydrogen-bond acceptors (Lipinski definition) is 8. The van der Waals surface area contributed by atoms with Crippen LogP contribution in [0.5, 0.6) is 0 Å². The Hall–Kier alpha value is -3.14. The summed E-state index contributed by atoms with van der Waals surface area (Å²) in [6.07, 6.45) is 13.1. The van der Waals surface area contributed by atoms with E-state index in [1.165, 1.54) is 17.2 Å². The maximum absolute atomic E-state index is 13.2. The van der Waals surface area contributed by atoms with Gasteiger partial charge in [-0.1, -0.05) is 11.6 Å². The van der Waals surface area contributed by atoms with Crippen LogP contribution in [0.15, 0.2) is 37.4 Å². The number of carbonyl (C=O) groups excluding carboxylic acids is 1. The highest BCUT2D eigenvalue weighted by atomic mass is 35.5. The van der Waals surface area contributed by atoms with Gasteiger partial charge in [-0.3, -0.25) is 4.79 Å².